The fraction of sp³-hybridized carbons (Fsp3) is 0.214. The number of amides is 1. The van der Waals surface area contributed by atoms with Crippen molar-refractivity contribution in [1.29, 1.82) is 0 Å². The lowest BCUT2D eigenvalue weighted by atomic mass is 10.1. The third kappa shape index (κ3) is 1.69. The Kier molecular flexibility index (Phi) is 2.60. The zero-order valence-corrected chi connectivity index (χ0v) is 11.6. The Bertz CT molecular complexity index is 834. The summed E-state index contributed by atoms with van der Waals surface area (Å²) in [7, 11) is 5.31. The fourth-order valence-electron chi connectivity index (χ4n) is 2.35. The number of hydrogen-bond donors (Lipinski definition) is 1. The Labute approximate surface area is 115 Å². The van der Waals surface area contributed by atoms with Crippen LogP contribution in [0, 0.1) is 0 Å². The van der Waals surface area contributed by atoms with Crippen LogP contribution in [0.15, 0.2) is 24.4 Å². The van der Waals surface area contributed by atoms with E-state index >= 15 is 0 Å². The van der Waals surface area contributed by atoms with Gasteiger partial charge in [0.25, 0.3) is 5.91 Å². The fourth-order valence-corrected chi connectivity index (χ4v) is 2.35. The minimum atomic E-state index is -0.0426. The van der Waals surface area contributed by atoms with E-state index in [1.165, 1.54) is 0 Å². The van der Waals surface area contributed by atoms with Crippen molar-refractivity contribution in [3.05, 3.63) is 30.0 Å². The number of pyridine rings is 1. The van der Waals surface area contributed by atoms with Crippen LogP contribution in [0.4, 0.5) is 5.82 Å². The van der Waals surface area contributed by atoms with E-state index in [-0.39, 0.29) is 5.91 Å². The smallest absolute Gasteiger partial charge is 0.253 e. The number of fused-ring (bicyclic) bond motifs is 3. The van der Waals surface area contributed by atoms with Crippen LogP contribution in [-0.4, -0.2) is 39.7 Å². The van der Waals surface area contributed by atoms with Crippen molar-refractivity contribution in [2.24, 2.45) is 7.05 Å². The third-order valence-electron chi connectivity index (χ3n) is 3.36. The van der Waals surface area contributed by atoms with E-state index in [2.05, 4.69) is 10.1 Å². The lowest BCUT2D eigenvalue weighted by Crippen LogP contribution is -2.21. The van der Waals surface area contributed by atoms with Crippen molar-refractivity contribution in [2.45, 2.75) is 0 Å². The molecule has 102 valence electrons. The summed E-state index contributed by atoms with van der Waals surface area (Å²) in [5.41, 5.74) is 8.21. The Hall–Kier alpha value is -2.63. The average Bonchev–Trinajstić information content (AvgIpc) is 2.81. The molecule has 0 saturated heterocycles. The largest absolute Gasteiger partial charge is 0.383 e. The molecule has 1 amide bonds. The molecule has 2 aromatic heterocycles. The average molecular weight is 269 g/mol. The van der Waals surface area contributed by atoms with E-state index in [4.69, 9.17) is 5.73 Å². The van der Waals surface area contributed by atoms with Gasteiger partial charge in [-0.05, 0) is 18.2 Å². The molecule has 0 bridgehead atoms. The van der Waals surface area contributed by atoms with Crippen LogP contribution < -0.4 is 5.73 Å². The first-order valence-electron chi connectivity index (χ1n) is 6.21. The molecule has 0 unspecified atom stereocenters. The minimum absolute atomic E-state index is 0.0426. The number of anilines is 1. The summed E-state index contributed by atoms with van der Waals surface area (Å²) in [6, 6.07) is 5.42. The summed E-state index contributed by atoms with van der Waals surface area (Å²) in [6.45, 7) is 0. The van der Waals surface area contributed by atoms with Crippen molar-refractivity contribution < 1.29 is 4.79 Å². The van der Waals surface area contributed by atoms with Gasteiger partial charge in [-0.3, -0.25) is 9.48 Å². The molecule has 0 fully saturated rings. The molecule has 2 heterocycles. The highest BCUT2D eigenvalue weighted by Crippen LogP contribution is 2.28. The highest BCUT2D eigenvalue weighted by Gasteiger charge is 2.14. The number of carbonyl (C=O) groups is 1. The Morgan fingerprint density at radius 3 is 2.75 bits per heavy atom. The quantitative estimate of drug-likeness (QED) is 0.724. The summed E-state index contributed by atoms with van der Waals surface area (Å²) in [5.74, 6) is 0.409. The summed E-state index contributed by atoms with van der Waals surface area (Å²) in [6.07, 6.45) is 1.69. The van der Waals surface area contributed by atoms with E-state index in [0.717, 1.165) is 21.8 Å². The van der Waals surface area contributed by atoms with E-state index in [1.807, 2.05) is 19.2 Å². The number of aromatic nitrogens is 3. The highest BCUT2D eigenvalue weighted by molar-refractivity contribution is 6.10. The zero-order valence-electron chi connectivity index (χ0n) is 11.6. The molecule has 0 atom stereocenters. The maximum absolute atomic E-state index is 12.1. The van der Waals surface area contributed by atoms with Crippen molar-refractivity contribution in [3.8, 4) is 0 Å². The molecular formula is C14H15N5O. The van der Waals surface area contributed by atoms with Crippen LogP contribution >= 0.6 is 0 Å². The Balaban J connectivity index is 2.38. The molecule has 0 aliphatic rings. The number of rotatable bonds is 1. The van der Waals surface area contributed by atoms with Gasteiger partial charge in [0.2, 0.25) is 0 Å². The van der Waals surface area contributed by atoms with Gasteiger partial charge in [0.05, 0.1) is 22.6 Å². The van der Waals surface area contributed by atoms with Gasteiger partial charge in [-0.1, -0.05) is 0 Å². The second kappa shape index (κ2) is 4.19. The van der Waals surface area contributed by atoms with Crippen LogP contribution in [0.5, 0.6) is 0 Å². The number of benzene rings is 1. The molecule has 6 heteroatoms. The molecule has 20 heavy (non-hydrogen) atoms. The van der Waals surface area contributed by atoms with E-state index < -0.39 is 0 Å². The Morgan fingerprint density at radius 2 is 2.05 bits per heavy atom. The zero-order chi connectivity index (χ0) is 14.4. The van der Waals surface area contributed by atoms with Crippen LogP contribution in [0.2, 0.25) is 0 Å². The van der Waals surface area contributed by atoms with Crippen molar-refractivity contribution in [1.82, 2.24) is 19.7 Å². The molecule has 2 N–H and O–H groups in total. The first-order chi connectivity index (χ1) is 9.49. The van der Waals surface area contributed by atoms with E-state index in [9.17, 15) is 4.79 Å². The molecule has 3 aromatic rings. The van der Waals surface area contributed by atoms with E-state index in [1.54, 1.807) is 35.9 Å². The second-order valence-corrected chi connectivity index (χ2v) is 4.96. The van der Waals surface area contributed by atoms with Gasteiger partial charge >= 0.3 is 0 Å². The molecule has 6 nitrogen and oxygen atoms in total. The molecular weight excluding hydrogens is 254 g/mol. The summed E-state index contributed by atoms with van der Waals surface area (Å²) >= 11 is 0. The molecule has 0 spiro atoms. The van der Waals surface area contributed by atoms with Gasteiger partial charge in [-0.2, -0.15) is 5.10 Å². The maximum Gasteiger partial charge on any atom is 0.253 e. The SMILES string of the molecule is CN(C)C(=O)c1ccc2nc(N)c3cnn(C)c3c2c1. The van der Waals surface area contributed by atoms with E-state index in [0.29, 0.717) is 11.4 Å². The normalized spacial score (nSPS) is 11.2. The van der Waals surface area contributed by atoms with Crippen LogP contribution in [0.1, 0.15) is 10.4 Å². The van der Waals surface area contributed by atoms with Crippen molar-refractivity contribution in [3.63, 3.8) is 0 Å². The number of hydrogen-bond acceptors (Lipinski definition) is 4. The molecule has 1 aromatic carbocycles. The number of carbonyl (C=O) groups excluding carboxylic acids is 1. The molecule has 0 radical (unpaired) electrons. The number of nitrogen functional groups attached to an aromatic ring is 1. The van der Waals surface area contributed by atoms with Gasteiger partial charge in [0.15, 0.2) is 0 Å². The standard InChI is InChI=1S/C14H15N5O/c1-18(2)14(20)8-4-5-11-9(6-8)12-10(13(15)17-11)7-16-19(12)3/h4-7H,1-3H3,(H2,15,17). The minimum Gasteiger partial charge on any atom is -0.383 e. The predicted octanol–water partition coefficient (Wildman–Crippen LogP) is 1.41. The molecule has 3 rings (SSSR count). The van der Waals surface area contributed by atoms with Gasteiger partial charge in [0.1, 0.15) is 5.82 Å². The van der Waals surface area contributed by atoms with Gasteiger partial charge in [-0.25, -0.2) is 4.98 Å². The summed E-state index contributed by atoms with van der Waals surface area (Å²) in [4.78, 5) is 18.0. The van der Waals surface area contributed by atoms with Gasteiger partial charge in [0, 0.05) is 32.1 Å². The second-order valence-electron chi connectivity index (χ2n) is 4.96. The monoisotopic (exact) mass is 269 g/mol. The highest BCUT2D eigenvalue weighted by atomic mass is 16.2. The lowest BCUT2D eigenvalue weighted by molar-refractivity contribution is 0.0828. The number of aryl methyl sites for hydroxylation is 1. The van der Waals surface area contributed by atoms with Crippen molar-refractivity contribution in [2.75, 3.05) is 19.8 Å². The molecule has 0 saturated carbocycles. The lowest BCUT2D eigenvalue weighted by Gasteiger charge is -2.11. The third-order valence-corrected chi connectivity index (χ3v) is 3.36. The summed E-state index contributed by atoms with van der Waals surface area (Å²) < 4.78 is 1.75. The molecule has 0 aliphatic carbocycles. The first-order valence-corrected chi connectivity index (χ1v) is 6.21. The summed E-state index contributed by atoms with van der Waals surface area (Å²) in [5, 5.41) is 5.89. The van der Waals surface area contributed by atoms with Gasteiger partial charge in [-0.15, -0.1) is 0 Å². The molecule has 0 aliphatic heterocycles. The topological polar surface area (TPSA) is 77.0 Å². The van der Waals surface area contributed by atoms with Crippen LogP contribution in [0.3, 0.4) is 0 Å². The first kappa shape index (κ1) is 12.4. The van der Waals surface area contributed by atoms with Crippen LogP contribution in [0.25, 0.3) is 21.8 Å². The maximum atomic E-state index is 12.1. The number of nitrogens with zero attached hydrogens (tertiary/aromatic N) is 4. The Morgan fingerprint density at radius 1 is 1.30 bits per heavy atom. The van der Waals surface area contributed by atoms with Gasteiger partial charge < -0.3 is 10.6 Å². The predicted molar refractivity (Wildman–Crippen MR) is 78.4 cm³/mol. The van der Waals surface area contributed by atoms with Crippen molar-refractivity contribution >= 4 is 33.5 Å². The number of nitrogens with two attached hydrogens (primary N) is 1. The van der Waals surface area contributed by atoms with Crippen LogP contribution in [-0.2, 0) is 7.05 Å².